The van der Waals surface area contributed by atoms with Crippen molar-refractivity contribution >= 4 is 5.97 Å². The SMILES string of the molecule is CCOC(=O)C(CCCCCCC=CCC1Cc2cc(OC)ccc2C2CC[C@@]3(C)C(CC[C@@H]3O)C12)CCCC(F)(F)C(F)(F)F. The molecule has 7 atom stereocenters. The first-order valence-electron chi connectivity index (χ1n) is 17.4. The van der Waals surface area contributed by atoms with Crippen molar-refractivity contribution in [3.05, 3.63) is 41.5 Å². The third-order valence-corrected chi connectivity index (χ3v) is 11.4. The summed E-state index contributed by atoms with van der Waals surface area (Å²) in [4.78, 5) is 12.3. The van der Waals surface area contributed by atoms with Gasteiger partial charge < -0.3 is 14.6 Å². The van der Waals surface area contributed by atoms with Crippen LogP contribution in [0.15, 0.2) is 30.4 Å². The predicted octanol–water partition coefficient (Wildman–Crippen LogP) is 9.97. The summed E-state index contributed by atoms with van der Waals surface area (Å²) in [5, 5.41) is 10.9. The fourth-order valence-electron chi connectivity index (χ4n) is 8.84. The van der Waals surface area contributed by atoms with Gasteiger partial charge in [-0.2, -0.15) is 22.0 Å². The summed E-state index contributed by atoms with van der Waals surface area (Å²) in [5.74, 6) is -2.87. The van der Waals surface area contributed by atoms with Crippen LogP contribution in [0.4, 0.5) is 22.0 Å². The lowest BCUT2D eigenvalue weighted by molar-refractivity contribution is -0.284. The van der Waals surface area contributed by atoms with Crippen molar-refractivity contribution in [1.29, 1.82) is 0 Å². The van der Waals surface area contributed by atoms with E-state index < -0.39 is 30.4 Å². The first kappa shape index (κ1) is 36.7. The summed E-state index contributed by atoms with van der Waals surface area (Å²) in [6.07, 6.45) is 8.16. The smallest absolute Gasteiger partial charge is 0.453 e. The lowest BCUT2D eigenvalue weighted by Gasteiger charge is -2.53. The van der Waals surface area contributed by atoms with E-state index in [0.717, 1.165) is 70.0 Å². The fraction of sp³-hybridized carbons (Fsp3) is 0.757. The van der Waals surface area contributed by atoms with Crippen molar-refractivity contribution in [2.24, 2.45) is 29.1 Å². The summed E-state index contributed by atoms with van der Waals surface area (Å²) < 4.78 is 74.7. The molecule has 4 rings (SSSR count). The highest BCUT2D eigenvalue weighted by atomic mass is 19.4. The van der Waals surface area contributed by atoms with Crippen molar-refractivity contribution < 1.29 is 41.3 Å². The van der Waals surface area contributed by atoms with Crippen molar-refractivity contribution in [2.45, 2.75) is 134 Å². The first-order chi connectivity index (χ1) is 21.8. The molecule has 5 unspecified atom stereocenters. The molecule has 2 saturated carbocycles. The van der Waals surface area contributed by atoms with E-state index in [-0.39, 0.29) is 31.0 Å². The molecule has 1 aromatic rings. The Morgan fingerprint density at radius 1 is 1.04 bits per heavy atom. The minimum atomic E-state index is -5.57. The van der Waals surface area contributed by atoms with Gasteiger partial charge in [-0.25, -0.2) is 0 Å². The van der Waals surface area contributed by atoms with Crippen LogP contribution >= 0.6 is 0 Å². The molecule has 0 aromatic heterocycles. The van der Waals surface area contributed by atoms with Gasteiger partial charge in [0.05, 0.1) is 25.7 Å². The predicted molar refractivity (Wildman–Crippen MR) is 169 cm³/mol. The molecule has 0 saturated heterocycles. The molecule has 1 N–H and O–H groups in total. The van der Waals surface area contributed by atoms with E-state index in [9.17, 15) is 31.9 Å². The van der Waals surface area contributed by atoms with Crippen LogP contribution in [0.5, 0.6) is 5.75 Å². The number of esters is 1. The van der Waals surface area contributed by atoms with Gasteiger partial charge in [-0.1, -0.05) is 44.4 Å². The summed E-state index contributed by atoms with van der Waals surface area (Å²) in [7, 11) is 1.71. The molecule has 0 spiro atoms. The van der Waals surface area contributed by atoms with E-state index in [1.54, 1.807) is 14.0 Å². The molecule has 1 aromatic carbocycles. The summed E-state index contributed by atoms with van der Waals surface area (Å²) in [6.45, 7) is 4.10. The summed E-state index contributed by atoms with van der Waals surface area (Å²) in [6, 6.07) is 6.57. The number of unbranched alkanes of at least 4 members (excludes halogenated alkanes) is 4. The number of aliphatic hydroxyl groups is 1. The Morgan fingerprint density at radius 3 is 2.50 bits per heavy atom. The van der Waals surface area contributed by atoms with Gasteiger partial charge in [0.1, 0.15) is 5.75 Å². The minimum Gasteiger partial charge on any atom is -0.497 e. The van der Waals surface area contributed by atoms with Crippen molar-refractivity contribution in [1.82, 2.24) is 0 Å². The number of carbonyl (C=O) groups is 1. The number of benzene rings is 1. The first-order valence-corrected chi connectivity index (χ1v) is 17.4. The maximum atomic E-state index is 13.3. The maximum Gasteiger partial charge on any atom is 0.453 e. The Balaban J connectivity index is 1.24. The average Bonchev–Trinajstić information content (AvgIpc) is 3.31. The van der Waals surface area contributed by atoms with Gasteiger partial charge in [-0.3, -0.25) is 4.79 Å². The van der Waals surface area contributed by atoms with Gasteiger partial charge in [-0.05, 0) is 130 Å². The van der Waals surface area contributed by atoms with Crippen LogP contribution in [0, 0.1) is 29.1 Å². The molecular weight excluding hydrogens is 603 g/mol. The molecule has 9 heteroatoms. The Labute approximate surface area is 271 Å². The zero-order valence-corrected chi connectivity index (χ0v) is 27.7. The quantitative estimate of drug-likeness (QED) is 0.0833. The van der Waals surface area contributed by atoms with Crippen LogP contribution < -0.4 is 4.74 Å². The third-order valence-electron chi connectivity index (χ3n) is 11.4. The van der Waals surface area contributed by atoms with Crippen molar-refractivity contribution in [3.63, 3.8) is 0 Å². The highest BCUT2D eigenvalue weighted by Crippen LogP contribution is 2.62. The summed E-state index contributed by atoms with van der Waals surface area (Å²) in [5.41, 5.74) is 2.88. The fourth-order valence-corrected chi connectivity index (χ4v) is 8.84. The second kappa shape index (κ2) is 15.8. The summed E-state index contributed by atoms with van der Waals surface area (Å²) >= 11 is 0. The standard InChI is InChI=1S/C37H53F5O4/c1-4-46-34(44)25(15-12-21-36(38,39)37(40,41)42)13-10-8-6-5-7-9-11-14-26-23-27-24-28(45-3)16-17-29(27)30-20-22-35(2)31(33(26)30)18-19-32(35)43/h9,11,16-17,24-26,30-33,43H,4-8,10,12-15,18-23H2,1-3H3/t25?,26?,30?,31?,32-,33?,35-/m0/s1. The maximum absolute atomic E-state index is 13.3. The molecule has 4 nitrogen and oxygen atoms in total. The second-order valence-corrected chi connectivity index (χ2v) is 14.2. The van der Waals surface area contributed by atoms with E-state index >= 15 is 0 Å². The molecule has 3 aliphatic rings. The number of allylic oxidation sites excluding steroid dienone is 2. The number of ether oxygens (including phenoxy) is 2. The normalized spacial score (nSPS) is 28.4. The zero-order chi connectivity index (χ0) is 33.5. The molecule has 46 heavy (non-hydrogen) atoms. The highest BCUT2D eigenvalue weighted by Gasteiger charge is 2.57. The Morgan fingerprint density at radius 2 is 1.78 bits per heavy atom. The van der Waals surface area contributed by atoms with Crippen LogP contribution in [0.2, 0.25) is 0 Å². The number of fused-ring (bicyclic) bond motifs is 5. The zero-order valence-electron chi connectivity index (χ0n) is 27.7. The number of alkyl halides is 5. The third kappa shape index (κ3) is 8.46. The van der Waals surface area contributed by atoms with Crippen LogP contribution in [-0.2, 0) is 16.0 Å². The monoisotopic (exact) mass is 656 g/mol. The van der Waals surface area contributed by atoms with Crippen molar-refractivity contribution in [2.75, 3.05) is 13.7 Å². The molecular formula is C37H53F5O4. The van der Waals surface area contributed by atoms with E-state index in [1.807, 2.05) is 0 Å². The topological polar surface area (TPSA) is 55.8 Å². The number of hydrogen-bond donors (Lipinski definition) is 1. The number of aliphatic hydroxyl groups excluding tert-OH is 1. The van der Waals surface area contributed by atoms with Crippen LogP contribution in [-0.4, -0.2) is 43.0 Å². The van der Waals surface area contributed by atoms with E-state index in [4.69, 9.17) is 9.47 Å². The number of rotatable bonds is 16. The lowest BCUT2D eigenvalue weighted by Crippen LogP contribution is -2.47. The van der Waals surface area contributed by atoms with E-state index in [0.29, 0.717) is 36.5 Å². The molecule has 0 bridgehead atoms. The number of carbonyl (C=O) groups excluding carboxylic acids is 1. The molecule has 260 valence electrons. The van der Waals surface area contributed by atoms with Gasteiger partial charge in [0.25, 0.3) is 0 Å². The molecule has 0 heterocycles. The molecule has 3 aliphatic carbocycles. The molecule has 0 aliphatic heterocycles. The van der Waals surface area contributed by atoms with Gasteiger partial charge in [0, 0.05) is 6.42 Å². The second-order valence-electron chi connectivity index (χ2n) is 14.2. The van der Waals surface area contributed by atoms with Crippen LogP contribution in [0.3, 0.4) is 0 Å². The van der Waals surface area contributed by atoms with E-state index in [2.05, 4.69) is 37.3 Å². The Kier molecular flexibility index (Phi) is 12.6. The average molecular weight is 657 g/mol. The Bertz CT molecular complexity index is 1170. The van der Waals surface area contributed by atoms with E-state index in [1.165, 1.54) is 11.1 Å². The van der Waals surface area contributed by atoms with Crippen molar-refractivity contribution in [3.8, 4) is 5.75 Å². The largest absolute Gasteiger partial charge is 0.497 e. The molecule has 0 radical (unpaired) electrons. The Hall–Kier alpha value is -2.16. The number of halogens is 5. The number of hydrogen-bond acceptors (Lipinski definition) is 4. The molecule has 0 amide bonds. The highest BCUT2D eigenvalue weighted by molar-refractivity contribution is 5.72. The lowest BCUT2D eigenvalue weighted by atomic mass is 9.52. The molecule has 2 fully saturated rings. The van der Waals surface area contributed by atoms with Gasteiger partial charge in [0.2, 0.25) is 0 Å². The minimum absolute atomic E-state index is 0.00748. The van der Waals surface area contributed by atoms with Crippen LogP contribution in [0.25, 0.3) is 0 Å². The number of methoxy groups -OCH3 is 1. The van der Waals surface area contributed by atoms with Gasteiger partial charge in [-0.15, -0.1) is 0 Å². The van der Waals surface area contributed by atoms with Crippen LogP contribution in [0.1, 0.15) is 121 Å². The van der Waals surface area contributed by atoms with Gasteiger partial charge in [0.15, 0.2) is 0 Å². The van der Waals surface area contributed by atoms with Gasteiger partial charge >= 0.3 is 18.1 Å².